The molecule has 0 spiro atoms. The third-order valence-corrected chi connectivity index (χ3v) is 6.45. The van der Waals surface area contributed by atoms with Crippen LogP contribution in [0.1, 0.15) is 52.9 Å². The van der Waals surface area contributed by atoms with Crippen LogP contribution in [0.4, 0.5) is 0 Å². The fourth-order valence-electron chi connectivity index (χ4n) is 4.74. The van der Waals surface area contributed by atoms with Crippen molar-refractivity contribution < 1.29 is 14.6 Å². The molecule has 166 valence electrons. The van der Waals surface area contributed by atoms with Gasteiger partial charge in [0.2, 0.25) is 5.88 Å². The summed E-state index contributed by atoms with van der Waals surface area (Å²) >= 11 is 0. The van der Waals surface area contributed by atoms with E-state index < -0.39 is 6.10 Å². The lowest BCUT2D eigenvalue weighted by Crippen LogP contribution is -2.35. The minimum Gasteiger partial charge on any atom is -0.471 e. The number of fused-ring (bicyclic) bond motifs is 1. The molecule has 1 aliphatic carbocycles. The monoisotopic (exact) mass is 432 g/mol. The third-order valence-electron chi connectivity index (χ3n) is 6.45. The topological polar surface area (TPSA) is 80.5 Å². The number of aryl methyl sites for hydroxylation is 2. The SMILES string of the molecule is Cc1nn(C)cc1-c1ccc(CN2Cc3ccnc(O[C@H]4CCCC[C@@H]4O)c3C2=O)cc1. The summed E-state index contributed by atoms with van der Waals surface area (Å²) in [6.45, 7) is 3.05. The first-order chi connectivity index (χ1) is 15.5. The molecular formula is C25H28N4O3. The Labute approximate surface area is 187 Å². The number of nitrogens with zero attached hydrogens (tertiary/aromatic N) is 4. The Morgan fingerprint density at radius 2 is 1.94 bits per heavy atom. The van der Waals surface area contributed by atoms with Crippen LogP contribution in [0.25, 0.3) is 11.1 Å². The Balaban J connectivity index is 1.31. The standard InChI is InChI=1S/C25H28N4O3/c1-16-20(15-28(2)27-16)18-9-7-17(8-10-18)13-29-14-19-11-12-26-24(23(19)25(29)31)32-22-6-4-3-5-21(22)30/h7-12,15,21-22,30H,3-6,13-14H2,1-2H3/t21-,22-/m0/s1. The normalized spacial score (nSPS) is 20.5. The molecule has 5 rings (SSSR count). The van der Waals surface area contributed by atoms with E-state index in [1.807, 2.05) is 35.8 Å². The van der Waals surface area contributed by atoms with Gasteiger partial charge in [-0.3, -0.25) is 9.48 Å². The van der Waals surface area contributed by atoms with Gasteiger partial charge in [0, 0.05) is 38.1 Å². The fourth-order valence-corrected chi connectivity index (χ4v) is 4.74. The van der Waals surface area contributed by atoms with Crippen LogP contribution >= 0.6 is 0 Å². The number of aliphatic hydroxyl groups is 1. The minimum absolute atomic E-state index is 0.0689. The molecule has 2 atom stereocenters. The van der Waals surface area contributed by atoms with Gasteiger partial charge in [-0.2, -0.15) is 5.10 Å². The molecule has 32 heavy (non-hydrogen) atoms. The molecule has 1 aliphatic heterocycles. The zero-order valence-corrected chi connectivity index (χ0v) is 18.5. The second kappa shape index (κ2) is 8.39. The Bertz CT molecular complexity index is 1140. The highest BCUT2D eigenvalue weighted by Crippen LogP contribution is 2.33. The molecule has 2 aliphatic rings. The average Bonchev–Trinajstić information content (AvgIpc) is 3.29. The number of pyridine rings is 1. The van der Waals surface area contributed by atoms with Gasteiger partial charge in [-0.1, -0.05) is 30.7 Å². The molecule has 7 nitrogen and oxygen atoms in total. The van der Waals surface area contributed by atoms with Gasteiger partial charge in [-0.05, 0) is 48.9 Å². The van der Waals surface area contributed by atoms with E-state index >= 15 is 0 Å². The molecule has 1 N–H and O–H groups in total. The van der Waals surface area contributed by atoms with E-state index in [4.69, 9.17) is 4.74 Å². The zero-order valence-electron chi connectivity index (χ0n) is 18.5. The molecule has 2 aromatic heterocycles. The third kappa shape index (κ3) is 3.88. The molecule has 0 unspecified atom stereocenters. The van der Waals surface area contributed by atoms with E-state index in [1.54, 1.807) is 6.20 Å². The number of amides is 1. The summed E-state index contributed by atoms with van der Waals surface area (Å²) in [5.74, 6) is 0.281. The van der Waals surface area contributed by atoms with Gasteiger partial charge in [0.25, 0.3) is 5.91 Å². The molecule has 1 fully saturated rings. The highest BCUT2D eigenvalue weighted by Gasteiger charge is 2.34. The van der Waals surface area contributed by atoms with Gasteiger partial charge < -0.3 is 14.7 Å². The fraction of sp³-hybridized carbons (Fsp3) is 0.400. The number of hydrogen-bond acceptors (Lipinski definition) is 5. The van der Waals surface area contributed by atoms with Crippen molar-refractivity contribution in [2.24, 2.45) is 7.05 Å². The van der Waals surface area contributed by atoms with Gasteiger partial charge in [0.05, 0.1) is 11.8 Å². The highest BCUT2D eigenvalue weighted by molar-refractivity contribution is 6.00. The number of hydrogen-bond donors (Lipinski definition) is 1. The smallest absolute Gasteiger partial charge is 0.260 e. The summed E-state index contributed by atoms with van der Waals surface area (Å²) < 4.78 is 7.86. The van der Waals surface area contributed by atoms with Gasteiger partial charge in [-0.25, -0.2) is 4.98 Å². The quantitative estimate of drug-likeness (QED) is 0.666. The lowest BCUT2D eigenvalue weighted by molar-refractivity contribution is 0.00397. The summed E-state index contributed by atoms with van der Waals surface area (Å²) in [5, 5.41) is 14.7. The van der Waals surface area contributed by atoms with E-state index in [9.17, 15) is 9.90 Å². The number of benzene rings is 1. The average molecular weight is 433 g/mol. The Morgan fingerprint density at radius 3 is 2.66 bits per heavy atom. The number of aromatic nitrogens is 3. The summed E-state index contributed by atoms with van der Waals surface area (Å²) in [6.07, 6.45) is 6.44. The van der Waals surface area contributed by atoms with Crippen molar-refractivity contribution in [3.63, 3.8) is 0 Å². The van der Waals surface area contributed by atoms with Crippen molar-refractivity contribution in [2.75, 3.05) is 0 Å². The van der Waals surface area contributed by atoms with Crippen LogP contribution in [0.15, 0.2) is 42.7 Å². The van der Waals surface area contributed by atoms with Crippen molar-refractivity contribution in [3.8, 4) is 17.0 Å². The molecule has 1 aromatic carbocycles. The predicted octanol–water partition coefficient (Wildman–Crippen LogP) is 3.63. The number of ether oxygens (including phenoxy) is 1. The van der Waals surface area contributed by atoms with Gasteiger partial charge >= 0.3 is 0 Å². The van der Waals surface area contributed by atoms with Crippen LogP contribution in [0.5, 0.6) is 5.88 Å². The first-order valence-electron chi connectivity index (χ1n) is 11.2. The summed E-state index contributed by atoms with van der Waals surface area (Å²) in [5.41, 5.74) is 5.74. The number of carbonyl (C=O) groups is 1. The molecule has 0 radical (unpaired) electrons. The number of rotatable bonds is 5. The van der Waals surface area contributed by atoms with Gasteiger partial charge in [0.1, 0.15) is 11.7 Å². The van der Waals surface area contributed by atoms with Gasteiger partial charge in [0.15, 0.2) is 0 Å². The summed E-state index contributed by atoms with van der Waals surface area (Å²) in [4.78, 5) is 19.4. The van der Waals surface area contributed by atoms with Crippen molar-refractivity contribution in [2.45, 2.75) is 57.9 Å². The highest BCUT2D eigenvalue weighted by atomic mass is 16.5. The molecule has 0 bridgehead atoms. The minimum atomic E-state index is -0.504. The largest absolute Gasteiger partial charge is 0.471 e. The molecule has 1 amide bonds. The second-order valence-electron chi connectivity index (χ2n) is 8.82. The Morgan fingerprint density at radius 1 is 1.16 bits per heavy atom. The molecule has 3 heterocycles. The molecule has 3 aromatic rings. The van der Waals surface area contributed by atoms with Crippen molar-refractivity contribution >= 4 is 5.91 Å². The molecule has 7 heteroatoms. The Kier molecular flexibility index (Phi) is 5.43. The first kappa shape index (κ1) is 20.7. The first-order valence-corrected chi connectivity index (χ1v) is 11.2. The van der Waals surface area contributed by atoms with Crippen molar-refractivity contribution in [1.29, 1.82) is 0 Å². The van der Waals surface area contributed by atoms with E-state index in [0.29, 0.717) is 24.5 Å². The zero-order chi connectivity index (χ0) is 22.2. The molecule has 0 saturated heterocycles. The maximum Gasteiger partial charge on any atom is 0.260 e. The maximum absolute atomic E-state index is 13.2. The van der Waals surface area contributed by atoms with Crippen LogP contribution in [0, 0.1) is 6.92 Å². The van der Waals surface area contributed by atoms with E-state index in [-0.39, 0.29) is 12.0 Å². The van der Waals surface area contributed by atoms with E-state index in [0.717, 1.165) is 53.6 Å². The van der Waals surface area contributed by atoms with Crippen LogP contribution in [0.3, 0.4) is 0 Å². The van der Waals surface area contributed by atoms with Gasteiger partial charge in [-0.15, -0.1) is 0 Å². The predicted molar refractivity (Wildman–Crippen MR) is 120 cm³/mol. The molecule has 1 saturated carbocycles. The van der Waals surface area contributed by atoms with E-state index in [1.165, 1.54) is 0 Å². The van der Waals surface area contributed by atoms with Crippen LogP contribution in [-0.4, -0.2) is 42.9 Å². The lowest BCUT2D eigenvalue weighted by atomic mass is 9.95. The lowest BCUT2D eigenvalue weighted by Gasteiger charge is -2.28. The Hall–Kier alpha value is -3.19. The van der Waals surface area contributed by atoms with Crippen LogP contribution in [0.2, 0.25) is 0 Å². The van der Waals surface area contributed by atoms with Crippen LogP contribution in [-0.2, 0) is 20.1 Å². The summed E-state index contributed by atoms with van der Waals surface area (Å²) in [7, 11) is 1.92. The van der Waals surface area contributed by atoms with E-state index in [2.05, 4.69) is 34.3 Å². The van der Waals surface area contributed by atoms with Crippen LogP contribution < -0.4 is 4.74 Å². The number of aliphatic hydroxyl groups excluding tert-OH is 1. The van der Waals surface area contributed by atoms with Crippen molar-refractivity contribution in [3.05, 3.63) is 65.1 Å². The second-order valence-corrected chi connectivity index (χ2v) is 8.82. The molecular weight excluding hydrogens is 404 g/mol. The summed E-state index contributed by atoms with van der Waals surface area (Å²) in [6, 6.07) is 10.2. The van der Waals surface area contributed by atoms with Crippen molar-refractivity contribution in [1.82, 2.24) is 19.7 Å². The number of carbonyl (C=O) groups excluding carboxylic acids is 1. The maximum atomic E-state index is 13.2.